The minimum Gasteiger partial charge on any atom is -0.508 e. The highest BCUT2D eigenvalue weighted by atomic mass is 16.6. The number of hydrogen-bond acceptors (Lipinski definition) is 7. The second-order valence-electron chi connectivity index (χ2n) is 5.20. The first-order valence-electron chi connectivity index (χ1n) is 6.84. The standard InChI is InChI=1S/C16H14O7/c17-10-2-1-8-3-11(7-22-14(8)6-10)23-16(21)9-4-12(18)15(20)13(19)5-9/h1-2,4-6,11,17-20H,3,7H2. The Bertz CT molecular complexity index is 746. The summed E-state index contributed by atoms with van der Waals surface area (Å²) in [6, 6.07) is 6.70. The Morgan fingerprint density at radius 1 is 1.09 bits per heavy atom. The maximum Gasteiger partial charge on any atom is 0.338 e. The minimum absolute atomic E-state index is 0.0886. The molecule has 1 aliphatic rings. The van der Waals surface area contributed by atoms with Gasteiger partial charge < -0.3 is 29.9 Å². The van der Waals surface area contributed by atoms with Gasteiger partial charge >= 0.3 is 5.97 Å². The predicted octanol–water partition coefficient (Wildman–Crippen LogP) is 1.67. The molecule has 7 nitrogen and oxygen atoms in total. The summed E-state index contributed by atoms with van der Waals surface area (Å²) >= 11 is 0. The summed E-state index contributed by atoms with van der Waals surface area (Å²) in [7, 11) is 0. The van der Waals surface area contributed by atoms with Crippen LogP contribution in [0.25, 0.3) is 0 Å². The number of rotatable bonds is 2. The molecule has 1 atom stereocenters. The molecule has 1 aliphatic heterocycles. The fraction of sp³-hybridized carbons (Fsp3) is 0.188. The first-order valence-corrected chi connectivity index (χ1v) is 6.84. The number of carbonyl (C=O) groups is 1. The van der Waals surface area contributed by atoms with E-state index in [0.29, 0.717) is 12.2 Å². The van der Waals surface area contributed by atoms with Crippen molar-refractivity contribution in [2.75, 3.05) is 6.61 Å². The monoisotopic (exact) mass is 318 g/mol. The summed E-state index contributed by atoms with van der Waals surface area (Å²) in [4.78, 5) is 12.1. The van der Waals surface area contributed by atoms with Gasteiger partial charge in [-0.2, -0.15) is 0 Å². The van der Waals surface area contributed by atoms with Crippen molar-refractivity contribution in [3.63, 3.8) is 0 Å². The maximum absolute atomic E-state index is 12.1. The second-order valence-corrected chi connectivity index (χ2v) is 5.20. The third-order valence-electron chi connectivity index (χ3n) is 3.50. The fourth-order valence-electron chi connectivity index (χ4n) is 2.35. The second kappa shape index (κ2) is 5.60. The van der Waals surface area contributed by atoms with Crippen molar-refractivity contribution in [1.82, 2.24) is 0 Å². The Labute approximate surface area is 131 Å². The highest BCUT2D eigenvalue weighted by Crippen LogP contribution is 2.36. The number of hydrogen-bond donors (Lipinski definition) is 4. The molecule has 0 radical (unpaired) electrons. The molecule has 0 aromatic heterocycles. The Kier molecular flexibility index (Phi) is 3.61. The molecular formula is C16H14O7. The predicted molar refractivity (Wildman–Crippen MR) is 77.9 cm³/mol. The Morgan fingerprint density at radius 3 is 2.48 bits per heavy atom. The largest absolute Gasteiger partial charge is 0.508 e. The summed E-state index contributed by atoms with van der Waals surface area (Å²) in [5.41, 5.74) is 0.706. The van der Waals surface area contributed by atoms with Crippen LogP contribution >= 0.6 is 0 Å². The summed E-state index contributed by atoms with van der Waals surface area (Å²) in [6.07, 6.45) is -0.130. The Balaban J connectivity index is 1.73. The highest BCUT2D eigenvalue weighted by Gasteiger charge is 2.25. The van der Waals surface area contributed by atoms with Gasteiger partial charge in [0.2, 0.25) is 0 Å². The van der Waals surface area contributed by atoms with E-state index in [1.165, 1.54) is 12.1 Å². The van der Waals surface area contributed by atoms with Crippen molar-refractivity contribution in [3.05, 3.63) is 41.5 Å². The summed E-state index contributed by atoms with van der Waals surface area (Å²) in [6.45, 7) is 0.123. The molecule has 0 aliphatic carbocycles. The van der Waals surface area contributed by atoms with Crippen LogP contribution in [-0.2, 0) is 11.2 Å². The van der Waals surface area contributed by atoms with E-state index in [1.807, 2.05) is 0 Å². The highest BCUT2D eigenvalue weighted by molar-refractivity contribution is 5.91. The zero-order chi connectivity index (χ0) is 16.6. The molecule has 23 heavy (non-hydrogen) atoms. The average Bonchev–Trinajstić information content (AvgIpc) is 2.52. The van der Waals surface area contributed by atoms with Gasteiger partial charge in [0, 0.05) is 12.5 Å². The number of aromatic hydroxyl groups is 4. The van der Waals surface area contributed by atoms with Crippen LogP contribution in [-0.4, -0.2) is 39.1 Å². The first kappa shape index (κ1) is 14.8. The summed E-state index contributed by atoms with van der Waals surface area (Å²) in [5, 5.41) is 37.5. The molecule has 1 unspecified atom stereocenters. The van der Waals surface area contributed by atoms with Gasteiger partial charge in [-0.05, 0) is 23.8 Å². The zero-order valence-corrected chi connectivity index (χ0v) is 11.9. The summed E-state index contributed by atoms with van der Waals surface area (Å²) in [5.74, 6) is -2.05. The lowest BCUT2D eigenvalue weighted by Crippen LogP contribution is -2.31. The van der Waals surface area contributed by atoms with Crippen molar-refractivity contribution in [1.29, 1.82) is 0 Å². The molecular weight excluding hydrogens is 304 g/mol. The van der Waals surface area contributed by atoms with Crippen LogP contribution in [0.1, 0.15) is 15.9 Å². The lowest BCUT2D eigenvalue weighted by Gasteiger charge is -2.25. The van der Waals surface area contributed by atoms with Gasteiger partial charge in [-0.1, -0.05) is 6.07 Å². The van der Waals surface area contributed by atoms with Crippen LogP contribution in [0.4, 0.5) is 0 Å². The molecule has 0 amide bonds. The number of ether oxygens (including phenoxy) is 2. The van der Waals surface area contributed by atoms with Gasteiger partial charge in [0.25, 0.3) is 0 Å². The van der Waals surface area contributed by atoms with E-state index < -0.39 is 29.3 Å². The topological polar surface area (TPSA) is 116 Å². The smallest absolute Gasteiger partial charge is 0.338 e. The Hall–Kier alpha value is -3.09. The number of phenolic OH excluding ortho intramolecular Hbond substituents is 4. The van der Waals surface area contributed by atoms with Crippen LogP contribution in [0.15, 0.2) is 30.3 Å². The van der Waals surface area contributed by atoms with Crippen molar-refractivity contribution < 1.29 is 34.7 Å². The van der Waals surface area contributed by atoms with Gasteiger partial charge in [0.05, 0.1) is 5.56 Å². The van der Waals surface area contributed by atoms with E-state index in [0.717, 1.165) is 17.7 Å². The van der Waals surface area contributed by atoms with Gasteiger partial charge in [0.15, 0.2) is 17.2 Å². The zero-order valence-electron chi connectivity index (χ0n) is 11.9. The molecule has 4 N–H and O–H groups in total. The van der Waals surface area contributed by atoms with E-state index in [2.05, 4.69) is 0 Å². The fourth-order valence-corrected chi connectivity index (χ4v) is 2.35. The van der Waals surface area contributed by atoms with E-state index in [9.17, 15) is 25.2 Å². The molecule has 120 valence electrons. The molecule has 0 spiro atoms. The summed E-state index contributed by atoms with van der Waals surface area (Å²) < 4.78 is 10.7. The van der Waals surface area contributed by atoms with Crippen LogP contribution < -0.4 is 4.74 Å². The van der Waals surface area contributed by atoms with Crippen LogP contribution in [0, 0.1) is 0 Å². The van der Waals surface area contributed by atoms with E-state index in [-0.39, 0.29) is 17.9 Å². The van der Waals surface area contributed by atoms with Gasteiger partial charge in [-0.25, -0.2) is 4.79 Å². The van der Waals surface area contributed by atoms with E-state index in [4.69, 9.17) is 9.47 Å². The van der Waals surface area contributed by atoms with Crippen molar-refractivity contribution in [2.45, 2.75) is 12.5 Å². The lowest BCUT2D eigenvalue weighted by molar-refractivity contribution is 0.0131. The minimum atomic E-state index is -0.758. The van der Waals surface area contributed by atoms with Crippen molar-refractivity contribution in [2.24, 2.45) is 0 Å². The molecule has 1 heterocycles. The number of benzene rings is 2. The van der Waals surface area contributed by atoms with Crippen LogP contribution in [0.3, 0.4) is 0 Å². The number of phenols is 4. The van der Waals surface area contributed by atoms with E-state index >= 15 is 0 Å². The number of carbonyl (C=O) groups excluding carboxylic acids is 1. The lowest BCUT2D eigenvalue weighted by atomic mass is 10.0. The van der Waals surface area contributed by atoms with E-state index in [1.54, 1.807) is 6.07 Å². The molecule has 0 saturated carbocycles. The third kappa shape index (κ3) is 2.94. The maximum atomic E-state index is 12.1. The molecule has 2 aromatic carbocycles. The Morgan fingerprint density at radius 2 is 1.78 bits per heavy atom. The average molecular weight is 318 g/mol. The normalized spacial score (nSPS) is 16.3. The number of esters is 1. The molecule has 3 rings (SSSR count). The first-order chi connectivity index (χ1) is 10.9. The molecule has 2 aromatic rings. The quantitative estimate of drug-likeness (QED) is 0.491. The van der Waals surface area contributed by atoms with Crippen LogP contribution in [0.2, 0.25) is 0 Å². The van der Waals surface area contributed by atoms with Gasteiger partial charge in [-0.15, -0.1) is 0 Å². The molecule has 0 bridgehead atoms. The van der Waals surface area contributed by atoms with Crippen molar-refractivity contribution >= 4 is 5.97 Å². The molecule has 0 saturated heterocycles. The third-order valence-corrected chi connectivity index (χ3v) is 3.50. The molecule has 0 fully saturated rings. The van der Waals surface area contributed by atoms with Gasteiger partial charge in [-0.3, -0.25) is 0 Å². The SMILES string of the molecule is O=C(OC1COc2cc(O)ccc2C1)c1cc(O)c(O)c(O)c1. The van der Waals surface area contributed by atoms with Gasteiger partial charge in [0.1, 0.15) is 24.2 Å². The van der Waals surface area contributed by atoms with Crippen molar-refractivity contribution in [3.8, 4) is 28.7 Å². The molecule has 7 heteroatoms. The number of fused-ring (bicyclic) bond motifs is 1. The van der Waals surface area contributed by atoms with Crippen LogP contribution in [0.5, 0.6) is 28.7 Å².